The van der Waals surface area contributed by atoms with Crippen LogP contribution in [0.5, 0.6) is 5.75 Å². The molecule has 0 amide bonds. The number of halogens is 3. The fraction of sp³-hybridized carbons (Fsp3) is 0.250. The van der Waals surface area contributed by atoms with Gasteiger partial charge in [0.25, 0.3) is 0 Å². The average Bonchev–Trinajstić information content (AvgIpc) is 2.46. The summed E-state index contributed by atoms with van der Waals surface area (Å²) in [6, 6.07) is 10.0. The van der Waals surface area contributed by atoms with E-state index in [1.54, 1.807) is 0 Å². The predicted molar refractivity (Wildman–Crippen MR) is 81.8 cm³/mol. The van der Waals surface area contributed by atoms with Gasteiger partial charge < -0.3 is 10.1 Å². The number of nitrogens with one attached hydrogen (secondary N) is 1. The van der Waals surface area contributed by atoms with Gasteiger partial charge in [-0.1, -0.05) is 18.2 Å². The van der Waals surface area contributed by atoms with Crippen LogP contribution in [0.15, 0.2) is 40.9 Å². The molecule has 2 nitrogen and oxygen atoms in total. The van der Waals surface area contributed by atoms with Crippen LogP contribution >= 0.6 is 15.9 Å². The lowest BCUT2D eigenvalue weighted by Gasteiger charge is -2.26. The van der Waals surface area contributed by atoms with E-state index in [0.717, 1.165) is 23.8 Å². The van der Waals surface area contributed by atoms with Crippen molar-refractivity contribution in [3.05, 3.63) is 58.1 Å². The Morgan fingerprint density at radius 1 is 1.24 bits per heavy atom. The van der Waals surface area contributed by atoms with Crippen LogP contribution < -0.4 is 10.1 Å². The molecule has 0 saturated carbocycles. The summed E-state index contributed by atoms with van der Waals surface area (Å²) in [6.45, 7) is 1.22. The summed E-state index contributed by atoms with van der Waals surface area (Å²) in [5.41, 5.74) is 1.41. The van der Waals surface area contributed by atoms with Gasteiger partial charge in [0.15, 0.2) is 0 Å². The van der Waals surface area contributed by atoms with E-state index in [0.29, 0.717) is 23.3 Å². The smallest absolute Gasteiger partial charge is 0.150 e. The fourth-order valence-electron chi connectivity index (χ4n) is 2.56. The molecular weight excluding hydrogens is 340 g/mol. The van der Waals surface area contributed by atoms with E-state index in [1.165, 1.54) is 6.07 Å². The minimum Gasteiger partial charge on any atom is -0.493 e. The first-order valence-electron chi connectivity index (χ1n) is 6.75. The normalized spacial score (nSPS) is 17.0. The molecule has 1 atom stereocenters. The molecule has 110 valence electrons. The Morgan fingerprint density at radius 2 is 2.05 bits per heavy atom. The standard InChI is InChI=1S/C16H14BrF2NO/c17-13-7-11(18)8-14(19)16(13)20-9-10-5-6-21-15-4-2-1-3-12(10)15/h1-4,7-8,10,20H,5-6,9H2. The minimum absolute atomic E-state index is 0.242. The lowest BCUT2D eigenvalue weighted by molar-refractivity contribution is 0.270. The lowest BCUT2D eigenvalue weighted by Crippen LogP contribution is -2.21. The molecule has 2 aromatic rings. The van der Waals surface area contributed by atoms with E-state index in [-0.39, 0.29) is 5.92 Å². The summed E-state index contributed by atoms with van der Waals surface area (Å²) >= 11 is 3.19. The first-order valence-corrected chi connectivity index (χ1v) is 7.54. The zero-order valence-electron chi connectivity index (χ0n) is 11.2. The number of rotatable bonds is 3. The summed E-state index contributed by atoms with van der Waals surface area (Å²) in [5.74, 6) is -0.0657. The molecule has 0 aliphatic carbocycles. The van der Waals surface area contributed by atoms with Gasteiger partial charge in [0.2, 0.25) is 0 Å². The Balaban J connectivity index is 1.78. The van der Waals surface area contributed by atoms with Gasteiger partial charge >= 0.3 is 0 Å². The molecule has 0 radical (unpaired) electrons. The molecular formula is C16H14BrF2NO. The van der Waals surface area contributed by atoms with Crippen molar-refractivity contribution in [3.63, 3.8) is 0 Å². The van der Waals surface area contributed by atoms with Gasteiger partial charge in [-0.3, -0.25) is 0 Å². The number of hydrogen-bond donors (Lipinski definition) is 1. The van der Waals surface area contributed by atoms with Gasteiger partial charge in [0.1, 0.15) is 17.4 Å². The highest BCUT2D eigenvalue weighted by atomic mass is 79.9. The van der Waals surface area contributed by atoms with E-state index >= 15 is 0 Å². The van der Waals surface area contributed by atoms with Crippen LogP contribution in [0.25, 0.3) is 0 Å². The van der Waals surface area contributed by atoms with Crippen molar-refractivity contribution < 1.29 is 13.5 Å². The van der Waals surface area contributed by atoms with Crippen molar-refractivity contribution in [2.75, 3.05) is 18.5 Å². The Morgan fingerprint density at radius 3 is 2.86 bits per heavy atom. The van der Waals surface area contributed by atoms with E-state index in [2.05, 4.69) is 21.2 Å². The lowest BCUT2D eigenvalue weighted by atomic mass is 9.93. The molecule has 1 aliphatic rings. The summed E-state index contributed by atoms with van der Waals surface area (Å²) < 4.78 is 32.9. The van der Waals surface area contributed by atoms with Gasteiger partial charge in [-0.05, 0) is 40.0 Å². The van der Waals surface area contributed by atoms with Crippen LogP contribution in [0, 0.1) is 11.6 Å². The first-order chi connectivity index (χ1) is 10.1. The van der Waals surface area contributed by atoms with E-state index in [1.807, 2.05) is 24.3 Å². The van der Waals surface area contributed by atoms with Crippen molar-refractivity contribution in [2.45, 2.75) is 12.3 Å². The SMILES string of the molecule is Fc1cc(F)c(NCC2CCOc3ccccc32)c(Br)c1. The van der Waals surface area contributed by atoms with Crippen molar-refractivity contribution in [3.8, 4) is 5.75 Å². The molecule has 1 unspecified atom stereocenters. The molecule has 0 bridgehead atoms. The maximum atomic E-state index is 13.8. The molecule has 0 fully saturated rings. The number of hydrogen-bond acceptors (Lipinski definition) is 2. The summed E-state index contributed by atoms with van der Waals surface area (Å²) in [6.07, 6.45) is 0.866. The molecule has 0 spiro atoms. The molecule has 1 heterocycles. The predicted octanol–water partition coefficient (Wildman–Crippen LogP) is 4.71. The maximum Gasteiger partial charge on any atom is 0.150 e. The second kappa shape index (κ2) is 6.02. The Labute approximate surface area is 130 Å². The van der Waals surface area contributed by atoms with E-state index in [4.69, 9.17) is 4.74 Å². The van der Waals surface area contributed by atoms with Gasteiger partial charge in [-0.25, -0.2) is 8.78 Å². The van der Waals surface area contributed by atoms with Crippen LogP contribution in [0.4, 0.5) is 14.5 Å². The third-order valence-corrected chi connectivity index (χ3v) is 4.24. The van der Waals surface area contributed by atoms with Crippen molar-refractivity contribution >= 4 is 21.6 Å². The minimum atomic E-state index is -0.596. The monoisotopic (exact) mass is 353 g/mol. The zero-order valence-corrected chi connectivity index (χ0v) is 12.8. The van der Waals surface area contributed by atoms with Crippen LogP contribution in [0.2, 0.25) is 0 Å². The van der Waals surface area contributed by atoms with Gasteiger partial charge in [-0.15, -0.1) is 0 Å². The number of anilines is 1. The quantitative estimate of drug-likeness (QED) is 0.862. The van der Waals surface area contributed by atoms with Gasteiger partial charge in [0, 0.05) is 23.0 Å². The maximum absolute atomic E-state index is 13.8. The molecule has 0 aromatic heterocycles. The summed E-state index contributed by atoms with van der Waals surface area (Å²) in [5, 5.41) is 3.07. The average molecular weight is 354 g/mol. The molecule has 2 aromatic carbocycles. The fourth-order valence-corrected chi connectivity index (χ4v) is 3.11. The first kappa shape index (κ1) is 14.3. The largest absolute Gasteiger partial charge is 0.493 e. The molecule has 21 heavy (non-hydrogen) atoms. The van der Waals surface area contributed by atoms with Gasteiger partial charge in [-0.2, -0.15) is 0 Å². The third-order valence-electron chi connectivity index (χ3n) is 3.61. The Hall–Kier alpha value is -1.62. The van der Waals surface area contributed by atoms with Crippen LogP contribution in [-0.2, 0) is 0 Å². The molecule has 0 saturated heterocycles. The summed E-state index contributed by atoms with van der Waals surface area (Å²) in [4.78, 5) is 0. The highest BCUT2D eigenvalue weighted by Crippen LogP contribution is 2.34. The van der Waals surface area contributed by atoms with Crippen molar-refractivity contribution in [1.82, 2.24) is 0 Å². The van der Waals surface area contributed by atoms with Crippen molar-refractivity contribution in [1.29, 1.82) is 0 Å². The molecule has 1 N–H and O–H groups in total. The molecule has 1 aliphatic heterocycles. The number of fused-ring (bicyclic) bond motifs is 1. The molecule has 5 heteroatoms. The summed E-state index contributed by atoms with van der Waals surface area (Å²) in [7, 11) is 0. The van der Waals surface area contributed by atoms with Crippen LogP contribution in [-0.4, -0.2) is 13.2 Å². The Bertz CT molecular complexity index is 639. The zero-order chi connectivity index (χ0) is 14.8. The third kappa shape index (κ3) is 3.02. The highest BCUT2D eigenvalue weighted by Gasteiger charge is 2.21. The Kier molecular flexibility index (Phi) is 4.10. The van der Waals surface area contributed by atoms with Crippen LogP contribution in [0.3, 0.4) is 0 Å². The second-order valence-corrected chi connectivity index (χ2v) is 5.85. The number of benzene rings is 2. The van der Waals surface area contributed by atoms with E-state index < -0.39 is 11.6 Å². The van der Waals surface area contributed by atoms with Crippen molar-refractivity contribution in [2.24, 2.45) is 0 Å². The van der Waals surface area contributed by atoms with E-state index in [9.17, 15) is 8.78 Å². The van der Waals surface area contributed by atoms with Crippen LogP contribution in [0.1, 0.15) is 17.9 Å². The number of para-hydroxylation sites is 1. The number of ether oxygens (including phenoxy) is 1. The van der Waals surface area contributed by atoms with Gasteiger partial charge in [0.05, 0.1) is 12.3 Å². The second-order valence-electron chi connectivity index (χ2n) is 5.00. The topological polar surface area (TPSA) is 21.3 Å². The molecule has 3 rings (SSSR count). The highest BCUT2D eigenvalue weighted by molar-refractivity contribution is 9.10.